The summed E-state index contributed by atoms with van der Waals surface area (Å²) >= 11 is 0. The number of nitrogens with zero attached hydrogens (tertiary/aromatic N) is 5. The highest BCUT2D eigenvalue weighted by Crippen LogP contribution is 2.18. The first kappa shape index (κ1) is 8.30. The molecule has 7 nitrogen and oxygen atoms in total. The maximum Gasteiger partial charge on any atom is 0.313 e. The Morgan fingerprint density at radius 1 is 1.43 bits per heavy atom. The zero-order chi connectivity index (χ0) is 9.97. The molecule has 2 aromatic rings. The second-order valence-electron chi connectivity index (χ2n) is 2.46. The Balaban J connectivity index is 2.58. The van der Waals surface area contributed by atoms with Crippen molar-refractivity contribution < 1.29 is 4.92 Å². The van der Waals surface area contributed by atoms with E-state index in [0.717, 1.165) is 0 Å². The topological polar surface area (TPSA) is 86.7 Å². The van der Waals surface area contributed by atoms with Crippen molar-refractivity contribution in [1.82, 2.24) is 19.7 Å². The third-order valence-electron chi connectivity index (χ3n) is 1.64. The lowest BCUT2D eigenvalue weighted by atomic mass is 10.3. The molecule has 14 heavy (non-hydrogen) atoms. The normalized spacial score (nSPS) is 10.0. The number of nitro groups is 1. The smallest absolute Gasteiger partial charge is 0.258 e. The van der Waals surface area contributed by atoms with E-state index in [1.165, 1.54) is 35.8 Å². The van der Waals surface area contributed by atoms with Crippen molar-refractivity contribution in [2.45, 2.75) is 0 Å². The quantitative estimate of drug-likeness (QED) is 0.511. The van der Waals surface area contributed by atoms with Crippen LogP contribution in [-0.4, -0.2) is 24.7 Å². The van der Waals surface area contributed by atoms with E-state index in [1.807, 2.05) is 0 Å². The lowest BCUT2D eigenvalue weighted by Crippen LogP contribution is -2.00. The molecule has 0 N–H and O–H groups in total. The third kappa shape index (κ3) is 1.30. The Morgan fingerprint density at radius 2 is 2.29 bits per heavy atom. The summed E-state index contributed by atoms with van der Waals surface area (Å²) in [6.45, 7) is 0. The lowest BCUT2D eigenvalue weighted by Gasteiger charge is -1.99. The zero-order valence-electron chi connectivity index (χ0n) is 6.94. The van der Waals surface area contributed by atoms with Crippen molar-refractivity contribution in [1.29, 1.82) is 0 Å². The van der Waals surface area contributed by atoms with Gasteiger partial charge in [-0.3, -0.25) is 15.1 Å². The molecule has 0 spiro atoms. The van der Waals surface area contributed by atoms with Gasteiger partial charge in [0, 0.05) is 6.20 Å². The first-order chi connectivity index (χ1) is 6.79. The van der Waals surface area contributed by atoms with Crippen LogP contribution in [0.3, 0.4) is 0 Å². The van der Waals surface area contributed by atoms with E-state index in [4.69, 9.17) is 0 Å². The maximum absolute atomic E-state index is 10.6. The molecule has 0 radical (unpaired) electrons. The van der Waals surface area contributed by atoms with Gasteiger partial charge in [0.05, 0.1) is 4.92 Å². The molecule has 0 bridgehead atoms. The van der Waals surface area contributed by atoms with E-state index in [1.54, 1.807) is 0 Å². The highest BCUT2D eigenvalue weighted by molar-refractivity contribution is 5.48. The Hall–Kier alpha value is -2.31. The van der Waals surface area contributed by atoms with Crippen LogP contribution in [0.2, 0.25) is 0 Å². The minimum Gasteiger partial charge on any atom is -0.258 e. The second kappa shape index (κ2) is 3.21. The Kier molecular flexibility index (Phi) is 1.90. The second-order valence-corrected chi connectivity index (χ2v) is 2.46. The fraction of sp³-hybridized carbons (Fsp3) is 0. The fourth-order valence-corrected chi connectivity index (χ4v) is 1.05. The van der Waals surface area contributed by atoms with Crippen LogP contribution in [0, 0.1) is 10.1 Å². The van der Waals surface area contributed by atoms with Gasteiger partial charge in [0.25, 0.3) is 0 Å². The van der Waals surface area contributed by atoms with E-state index in [9.17, 15) is 10.1 Å². The molecule has 0 aliphatic rings. The van der Waals surface area contributed by atoms with Gasteiger partial charge in [-0.2, -0.15) is 5.10 Å². The molecule has 2 heterocycles. The van der Waals surface area contributed by atoms with Crippen LogP contribution >= 0.6 is 0 Å². The molecule has 0 saturated carbocycles. The summed E-state index contributed by atoms with van der Waals surface area (Å²) in [6, 6.07) is 1.51. The van der Waals surface area contributed by atoms with Crippen LogP contribution in [0.25, 0.3) is 5.69 Å². The van der Waals surface area contributed by atoms with Gasteiger partial charge in [0.15, 0.2) is 0 Å². The third-order valence-corrected chi connectivity index (χ3v) is 1.64. The van der Waals surface area contributed by atoms with Crippen LogP contribution in [-0.2, 0) is 0 Å². The average molecular weight is 191 g/mol. The van der Waals surface area contributed by atoms with Crippen molar-refractivity contribution in [3.63, 3.8) is 0 Å². The summed E-state index contributed by atoms with van der Waals surface area (Å²) in [5.74, 6) is 0. The van der Waals surface area contributed by atoms with Gasteiger partial charge in [-0.05, 0) is 6.07 Å². The summed E-state index contributed by atoms with van der Waals surface area (Å²) in [4.78, 5) is 17.5. The predicted molar refractivity (Wildman–Crippen MR) is 45.8 cm³/mol. The van der Waals surface area contributed by atoms with Gasteiger partial charge in [-0.25, -0.2) is 9.67 Å². The molecule has 7 heteroatoms. The van der Waals surface area contributed by atoms with Crippen molar-refractivity contribution in [3.8, 4) is 5.69 Å². The van der Waals surface area contributed by atoms with E-state index in [2.05, 4.69) is 15.1 Å². The number of aromatic nitrogens is 4. The highest BCUT2D eigenvalue weighted by Gasteiger charge is 2.14. The van der Waals surface area contributed by atoms with Crippen molar-refractivity contribution in [2.24, 2.45) is 0 Å². The van der Waals surface area contributed by atoms with Crippen LogP contribution in [0.15, 0.2) is 31.1 Å². The molecule has 0 amide bonds. The number of pyridine rings is 1. The molecule has 0 unspecified atom stereocenters. The minimum atomic E-state index is -0.510. The molecular weight excluding hydrogens is 186 g/mol. The summed E-state index contributed by atoms with van der Waals surface area (Å²) in [5, 5.41) is 14.4. The van der Waals surface area contributed by atoms with Gasteiger partial charge < -0.3 is 0 Å². The SMILES string of the molecule is O=[N+]([O-])c1cnccc1-n1cncn1. The fourth-order valence-electron chi connectivity index (χ4n) is 1.05. The molecule has 70 valence electrons. The molecule has 0 fully saturated rings. The Labute approximate surface area is 78.2 Å². The van der Waals surface area contributed by atoms with E-state index >= 15 is 0 Å². The van der Waals surface area contributed by atoms with Gasteiger partial charge in [0.1, 0.15) is 24.5 Å². The van der Waals surface area contributed by atoms with Gasteiger partial charge in [-0.15, -0.1) is 0 Å². The van der Waals surface area contributed by atoms with E-state index < -0.39 is 4.92 Å². The molecule has 0 saturated heterocycles. The summed E-state index contributed by atoms with van der Waals surface area (Å²) in [6.07, 6.45) is 5.34. The first-order valence-electron chi connectivity index (χ1n) is 3.72. The lowest BCUT2D eigenvalue weighted by molar-refractivity contribution is -0.385. The summed E-state index contributed by atoms with van der Waals surface area (Å²) in [7, 11) is 0. The molecule has 2 aromatic heterocycles. The van der Waals surface area contributed by atoms with E-state index in [-0.39, 0.29) is 5.69 Å². The van der Waals surface area contributed by atoms with Crippen LogP contribution in [0.5, 0.6) is 0 Å². The molecule has 0 aliphatic heterocycles. The maximum atomic E-state index is 10.6. The van der Waals surface area contributed by atoms with Crippen LogP contribution in [0.1, 0.15) is 0 Å². The van der Waals surface area contributed by atoms with Crippen molar-refractivity contribution >= 4 is 5.69 Å². The molecule has 0 aromatic carbocycles. The standard InChI is InChI=1S/C7H5N5O2/c13-12(14)7-3-8-2-1-6(7)11-5-9-4-10-11/h1-5H. The van der Waals surface area contributed by atoms with Crippen molar-refractivity contribution in [2.75, 3.05) is 0 Å². The Bertz CT molecular complexity index is 453. The van der Waals surface area contributed by atoms with Crippen molar-refractivity contribution in [3.05, 3.63) is 41.2 Å². The average Bonchev–Trinajstić information content (AvgIpc) is 2.70. The van der Waals surface area contributed by atoms with Crippen LogP contribution < -0.4 is 0 Å². The summed E-state index contributed by atoms with van der Waals surface area (Å²) in [5.41, 5.74) is 0.250. The van der Waals surface area contributed by atoms with E-state index in [0.29, 0.717) is 5.69 Å². The monoisotopic (exact) mass is 191 g/mol. The summed E-state index contributed by atoms with van der Waals surface area (Å²) < 4.78 is 1.32. The molecule has 0 atom stereocenters. The number of hydrogen-bond acceptors (Lipinski definition) is 5. The zero-order valence-corrected chi connectivity index (χ0v) is 6.94. The van der Waals surface area contributed by atoms with Crippen LogP contribution in [0.4, 0.5) is 5.69 Å². The van der Waals surface area contributed by atoms with Gasteiger partial charge >= 0.3 is 5.69 Å². The minimum absolute atomic E-state index is 0.0991. The highest BCUT2D eigenvalue weighted by atomic mass is 16.6. The first-order valence-corrected chi connectivity index (χ1v) is 3.72. The largest absolute Gasteiger partial charge is 0.313 e. The molecule has 2 rings (SSSR count). The molecular formula is C7H5N5O2. The number of hydrogen-bond donors (Lipinski definition) is 0. The Morgan fingerprint density at radius 3 is 2.93 bits per heavy atom. The van der Waals surface area contributed by atoms with Gasteiger partial charge in [-0.1, -0.05) is 0 Å². The predicted octanol–water partition coefficient (Wildman–Crippen LogP) is 0.570. The number of rotatable bonds is 2. The van der Waals surface area contributed by atoms with Gasteiger partial charge in [0.2, 0.25) is 0 Å². The molecule has 0 aliphatic carbocycles.